The summed E-state index contributed by atoms with van der Waals surface area (Å²) >= 11 is 7.28. The van der Waals surface area contributed by atoms with E-state index in [-0.39, 0.29) is 23.3 Å². The lowest BCUT2D eigenvalue weighted by Crippen LogP contribution is -1.97. The number of aromatic hydroxyl groups is 1. The van der Waals surface area contributed by atoms with Crippen molar-refractivity contribution in [3.63, 3.8) is 0 Å². The van der Waals surface area contributed by atoms with Gasteiger partial charge in [0.15, 0.2) is 16.7 Å². The van der Waals surface area contributed by atoms with Crippen molar-refractivity contribution in [3.8, 4) is 5.75 Å². The number of aliphatic hydroxyl groups excluding tert-OH is 1. The number of rotatable bonds is 1. The molecule has 0 bridgehead atoms. The molecule has 0 fully saturated rings. The number of nitrogens with zero attached hydrogens (tertiary/aromatic N) is 2. The van der Waals surface area contributed by atoms with Gasteiger partial charge in [0, 0.05) is 0 Å². The van der Waals surface area contributed by atoms with Crippen LogP contribution in [0.2, 0.25) is 5.15 Å². The fourth-order valence-corrected chi connectivity index (χ4v) is 1.39. The van der Waals surface area contributed by atoms with E-state index >= 15 is 0 Å². The summed E-state index contributed by atoms with van der Waals surface area (Å²) < 4.78 is 0.339. The molecule has 1 rings (SSSR count). The van der Waals surface area contributed by atoms with E-state index in [1.165, 1.54) is 0 Å². The predicted octanol–water partition coefficient (Wildman–Crippen LogP) is 0.932. The third kappa shape index (κ3) is 1.91. The van der Waals surface area contributed by atoms with Crippen LogP contribution in [-0.2, 0) is 6.61 Å². The number of hydrogen-bond donors (Lipinski definition) is 2. The summed E-state index contributed by atoms with van der Waals surface area (Å²) in [6.45, 7) is -0.282. The Morgan fingerprint density at radius 3 is 2.55 bits per heavy atom. The van der Waals surface area contributed by atoms with Crippen molar-refractivity contribution in [1.82, 2.24) is 9.97 Å². The maximum absolute atomic E-state index is 9.08. The van der Waals surface area contributed by atoms with E-state index in [0.29, 0.717) is 3.70 Å². The molecule has 11 heavy (non-hydrogen) atoms. The zero-order valence-electron chi connectivity index (χ0n) is 5.25. The molecule has 1 aromatic rings. The van der Waals surface area contributed by atoms with Crippen LogP contribution < -0.4 is 0 Å². The average molecular weight is 286 g/mol. The third-order valence-corrected chi connectivity index (χ3v) is 2.00. The number of hydrogen-bond acceptors (Lipinski definition) is 4. The molecule has 0 aliphatic heterocycles. The highest BCUT2D eigenvalue weighted by Crippen LogP contribution is 2.24. The Bertz CT molecular complexity index is 258. The molecule has 0 radical (unpaired) electrons. The van der Waals surface area contributed by atoms with E-state index in [1.807, 2.05) is 0 Å². The van der Waals surface area contributed by atoms with Crippen molar-refractivity contribution in [2.45, 2.75) is 6.61 Å². The summed E-state index contributed by atoms with van der Waals surface area (Å²) in [5.74, 6) is 0.0571. The lowest BCUT2D eigenvalue weighted by atomic mass is 10.5. The highest BCUT2D eigenvalue weighted by atomic mass is 127. The van der Waals surface area contributed by atoms with Gasteiger partial charge in [-0.2, -0.15) is 0 Å². The first-order chi connectivity index (χ1) is 5.15. The first-order valence-corrected chi connectivity index (χ1v) is 4.12. The largest absolute Gasteiger partial charge is 0.503 e. The van der Waals surface area contributed by atoms with E-state index in [4.69, 9.17) is 21.8 Å². The van der Waals surface area contributed by atoms with Gasteiger partial charge in [0.05, 0.1) is 0 Å². The second-order valence-electron chi connectivity index (χ2n) is 1.73. The van der Waals surface area contributed by atoms with E-state index in [9.17, 15) is 0 Å². The van der Waals surface area contributed by atoms with Crippen LogP contribution in [0.4, 0.5) is 0 Å². The van der Waals surface area contributed by atoms with Gasteiger partial charge in [0.1, 0.15) is 10.3 Å². The van der Waals surface area contributed by atoms with Gasteiger partial charge in [-0.15, -0.1) is 0 Å². The van der Waals surface area contributed by atoms with Gasteiger partial charge in [0.25, 0.3) is 0 Å². The zero-order valence-corrected chi connectivity index (χ0v) is 8.17. The van der Waals surface area contributed by atoms with E-state index in [0.717, 1.165) is 0 Å². The molecule has 0 unspecified atom stereocenters. The van der Waals surface area contributed by atoms with Gasteiger partial charge >= 0.3 is 0 Å². The summed E-state index contributed by atoms with van der Waals surface area (Å²) in [4.78, 5) is 7.34. The predicted molar refractivity (Wildman–Crippen MR) is 47.3 cm³/mol. The molecule has 4 nitrogen and oxygen atoms in total. The van der Waals surface area contributed by atoms with Gasteiger partial charge in [0.2, 0.25) is 0 Å². The molecular formula is C5H4ClIN2O2. The van der Waals surface area contributed by atoms with Crippen LogP contribution >= 0.6 is 34.2 Å². The Balaban J connectivity index is 3.21. The number of aliphatic hydroxyl groups is 1. The highest BCUT2D eigenvalue weighted by Gasteiger charge is 2.07. The van der Waals surface area contributed by atoms with Crippen LogP contribution in [0.25, 0.3) is 0 Å². The van der Waals surface area contributed by atoms with E-state index in [1.54, 1.807) is 22.6 Å². The molecule has 0 aliphatic rings. The van der Waals surface area contributed by atoms with Crippen molar-refractivity contribution in [2.75, 3.05) is 0 Å². The smallest absolute Gasteiger partial charge is 0.185 e. The Labute approximate surface area is 81.4 Å². The number of aromatic nitrogens is 2. The molecule has 1 heterocycles. The Hall–Kier alpha value is -0.140. The molecule has 0 atom stereocenters. The van der Waals surface area contributed by atoms with Crippen LogP contribution in [0.1, 0.15) is 5.82 Å². The van der Waals surface area contributed by atoms with Gasteiger partial charge in [-0.05, 0) is 22.6 Å². The standard InChI is InChI=1S/C5H4ClIN2O2/c6-4-3(11)5(7)9-2(1-10)8-4/h10-11H,1H2. The van der Waals surface area contributed by atoms with Crippen LogP contribution in [0.5, 0.6) is 5.75 Å². The molecule has 0 spiro atoms. The minimum Gasteiger partial charge on any atom is -0.503 e. The average Bonchev–Trinajstić information content (AvgIpc) is 1.99. The fourth-order valence-electron chi connectivity index (χ4n) is 0.513. The van der Waals surface area contributed by atoms with Crippen LogP contribution in [0, 0.1) is 3.70 Å². The first-order valence-electron chi connectivity index (χ1n) is 2.67. The second kappa shape index (κ2) is 3.51. The van der Waals surface area contributed by atoms with Crippen LogP contribution in [0.15, 0.2) is 0 Å². The SMILES string of the molecule is OCc1nc(Cl)c(O)c(I)n1. The number of halogens is 2. The van der Waals surface area contributed by atoms with Crippen molar-refractivity contribution in [2.24, 2.45) is 0 Å². The third-order valence-electron chi connectivity index (χ3n) is 0.987. The van der Waals surface area contributed by atoms with Gasteiger partial charge in [-0.3, -0.25) is 0 Å². The summed E-state index contributed by atoms with van der Waals surface area (Å²) in [5, 5.41) is 17.7. The zero-order chi connectivity index (χ0) is 8.43. The quantitative estimate of drug-likeness (QED) is 0.595. The lowest BCUT2D eigenvalue weighted by molar-refractivity contribution is 0.270. The minimum absolute atomic E-state index is 0.0338. The summed E-state index contributed by atoms with van der Waals surface area (Å²) in [6.07, 6.45) is 0. The topological polar surface area (TPSA) is 66.2 Å². The molecule has 0 saturated carbocycles. The minimum atomic E-state index is -0.282. The maximum atomic E-state index is 9.08. The first kappa shape index (κ1) is 8.95. The van der Waals surface area contributed by atoms with Gasteiger partial charge < -0.3 is 10.2 Å². The monoisotopic (exact) mass is 286 g/mol. The molecule has 0 saturated heterocycles. The fraction of sp³-hybridized carbons (Fsp3) is 0.200. The lowest BCUT2D eigenvalue weighted by Gasteiger charge is -1.99. The van der Waals surface area contributed by atoms with Crippen LogP contribution in [0.3, 0.4) is 0 Å². The van der Waals surface area contributed by atoms with E-state index in [2.05, 4.69) is 9.97 Å². The molecule has 60 valence electrons. The summed E-state index contributed by atoms with van der Waals surface area (Å²) in [5.41, 5.74) is 0. The molecular weight excluding hydrogens is 282 g/mol. The Kier molecular flexibility index (Phi) is 2.85. The molecule has 2 N–H and O–H groups in total. The highest BCUT2D eigenvalue weighted by molar-refractivity contribution is 14.1. The molecule has 1 aromatic heterocycles. The van der Waals surface area contributed by atoms with Crippen molar-refractivity contribution < 1.29 is 10.2 Å². The van der Waals surface area contributed by atoms with Crippen molar-refractivity contribution in [1.29, 1.82) is 0 Å². The van der Waals surface area contributed by atoms with Gasteiger partial charge in [-0.1, -0.05) is 11.6 Å². The van der Waals surface area contributed by atoms with Crippen LogP contribution in [-0.4, -0.2) is 20.2 Å². The Morgan fingerprint density at radius 2 is 2.09 bits per heavy atom. The molecule has 0 aliphatic carbocycles. The van der Waals surface area contributed by atoms with E-state index < -0.39 is 0 Å². The molecule has 6 heteroatoms. The second-order valence-corrected chi connectivity index (χ2v) is 3.11. The molecule has 0 aromatic carbocycles. The summed E-state index contributed by atoms with van der Waals surface area (Å²) in [7, 11) is 0. The Morgan fingerprint density at radius 1 is 1.45 bits per heavy atom. The van der Waals surface area contributed by atoms with Gasteiger partial charge in [-0.25, -0.2) is 9.97 Å². The maximum Gasteiger partial charge on any atom is 0.185 e. The van der Waals surface area contributed by atoms with Crippen molar-refractivity contribution in [3.05, 3.63) is 14.7 Å². The van der Waals surface area contributed by atoms with Crippen molar-refractivity contribution >= 4 is 34.2 Å². The summed E-state index contributed by atoms with van der Waals surface area (Å²) in [6, 6.07) is 0. The molecule has 0 amide bonds. The normalized spacial score (nSPS) is 10.1.